The summed E-state index contributed by atoms with van der Waals surface area (Å²) in [5.41, 5.74) is 1.40. The fourth-order valence-corrected chi connectivity index (χ4v) is 4.27. The van der Waals surface area contributed by atoms with Crippen molar-refractivity contribution in [2.45, 2.75) is 31.0 Å². The van der Waals surface area contributed by atoms with Gasteiger partial charge >= 0.3 is 0 Å². The number of amides is 1. The Bertz CT molecular complexity index is 802. The largest absolute Gasteiger partial charge is 0.301 e. The fraction of sp³-hybridized carbons (Fsp3) is 0.357. The number of nitrogens with zero attached hydrogens (tertiary/aromatic N) is 3. The van der Waals surface area contributed by atoms with E-state index >= 15 is 0 Å². The van der Waals surface area contributed by atoms with Gasteiger partial charge in [0.1, 0.15) is 0 Å². The molecule has 0 aliphatic carbocycles. The van der Waals surface area contributed by atoms with Crippen molar-refractivity contribution in [1.29, 1.82) is 0 Å². The van der Waals surface area contributed by atoms with Crippen molar-refractivity contribution in [2.75, 3.05) is 16.7 Å². The number of hydrogen-bond donors (Lipinski definition) is 1. The van der Waals surface area contributed by atoms with Crippen LogP contribution in [0.3, 0.4) is 0 Å². The predicted molar refractivity (Wildman–Crippen MR) is 90.2 cm³/mol. The first-order valence-corrected chi connectivity index (χ1v) is 9.30. The molecule has 9 heteroatoms. The molecule has 0 aliphatic heterocycles. The minimum Gasteiger partial charge on any atom is -0.301 e. The van der Waals surface area contributed by atoms with Crippen molar-refractivity contribution in [3.63, 3.8) is 0 Å². The Hall–Kier alpha value is -2.00. The Labute approximate surface area is 139 Å². The van der Waals surface area contributed by atoms with Gasteiger partial charge in [-0.25, -0.2) is 0 Å². The zero-order chi connectivity index (χ0) is 17.0. The number of aromatic nitrogens is 2. The topological polar surface area (TPSA) is 92.3 Å². The second kappa shape index (κ2) is 7.05. The zero-order valence-electron chi connectivity index (χ0n) is 13.1. The summed E-state index contributed by atoms with van der Waals surface area (Å²) in [5.74, 6) is -0.208. The molecule has 0 saturated heterocycles. The number of hydrogen-bond acceptors (Lipinski definition) is 6. The van der Waals surface area contributed by atoms with Gasteiger partial charge in [0.15, 0.2) is 0 Å². The maximum Gasteiger partial charge on any atom is 0.293 e. The second-order valence-electron chi connectivity index (χ2n) is 4.93. The number of carbonyl (C=O) groups excluding carboxylic acids is 1. The highest BCUT2D eigenvalue weighted by Crippen LogP contribution is 2.28. The van der Waals surface area contributed by atoms with Crippen LogP contribution in [0, 0.1) is 6.92 Å². The molecule has 1 amide bonds. The molecule has 0 fully saturated rings. The van der Waals surface area contributed by atoms with Crippen LogP contribution in [0.2, 0.25) is 0 Å². The van der Waals surface area contributed by atoms with E-state index in [1.54, 1.807) is 12.1 Å². The van der Waals surface area contributed by atoms with E-state index < -0.39 is 10.0 Å². The van der Waals surface area contributed by atoms with Gasteiger partial charge in [-0.3, -0.25) is 9.10 Å². The predicted octanol–water partition coefficient (Wildman–Crippen LogP) is 2.41. The monoisotopic (exact) mass is 354 g/mol. The van der Waals surface area contributed by atoms with E-state index in [2.05, 4.69) is 15.5 Å². The maximum atomic E-state index is 12.6. The number of nitrogens with one attached hydrogen (secondary N) is 1. The van der Waals surface area contributed by atoms with Crippen molar-refractivity contribution in [2.24, 2.45) is 0 Å². The van der Waals surface area contributed by atoms with Crippen LogP contribution < -0.4 is 9.62 Å². The van der Waals surface area contributed by atoms with Crippen molar-refractivity contribution in [1.82, 2.24) is 10.2 Å². The molecule has 0 atom stereocenters. The number of benzene rings is 1. The molecular formula is C14H18N4O3S2. The molecule has 1 N–H and O–H groups in total. The number of anilines is 2. The minimum absolute atomic E-state index is 0.157. The minimum atomic E-state index is -3.81. The van der Waals surface area contributed by atoms with Crippen LogP contribution in [0.25, 0.3) is 0 Å². The lowest BCUT2D eigenvalue weighted by atomic mass is 10.2. The number of para-hydroxylation sites is 1. The fourth-order valence-electron chi connectivity index (χ4n) is 1.94. The van der Waals surface area contributed by atoms with Gasteiger partial charge in [0.25, 0.3) is 14.4 Å². The summed E-state index contributed by atoms with van der Waals surface area (Å²) in [7, 11) is -2.35. The first-order valence-electron chi connectivity index (χ1n) is 7.04. The highest BCUT2D eigenvalue weighted by atomic mass is 32.2. The number of rotatable bonds is 6. The van der Waals surface area contributed by atoms with E-state index in [0.717, 1.165) is 16.9 Å². The Kier molecular flexibility index (Phi) is 5.32. The average Bonchev–Trinajstić information content (AvgIpc) is 2.96. The van der Waals surface area contributed by atoms with Crippen LogP contribution >= 0.6 is 11.3 Å². The van der Waals surface area contributed by atoms with Gasteiger partial charge in [-0.15, -0.1) is 10.2 Å². The van der Waals surface area contributed by atoms with Crippen molar-refractivity contribution < 1.29 is 13.2 Å². The summed E-state index contributed by atoms with van der Waals surface area (Å²) in [6.45, 7) is 3.71. The molecule has 124 valence electrons. The molecule has 0 unspecified atom stereocenters. The molecule has 2 rings (SSSR count). The quantitative estimate of drug-likeness (QED) is 0.804. The lowest BCUT2D eigenvalue weighted by Crippen LogP contribution is -2.27. The van der Waals surface area contributed by atoms with Crippen molar-refractivity contribution >= 4 is 38.1 Å². The highest BCUT2D eigenvalue weighted by Gasteiger charge is 2.27. The van der Waals surface area contributed by atoms with E-state index in [1.807, 2.05) is 26.0 Å². The molecule has 0 radical (unpaired) electrons. The van der Waals surface area contributed by atoms with Crippen LogP contribution in [0.15, 0.2) is 28.6 Å². The number of sulfonamides is 1. The van der Waals surface area contributed by atoms with Gasteiger partial charge in [-0.05, 0) is 25.0 Å². The summed E-state index contributed by atoms with van der Waals surface area (Å²) in [4.78, 5) is 11.5. The molecule has 0 aliphatic rings. The van der Waals surface area contributed by atoms with Crippen molar-refractivity contribution in [3.05, 3.63) is 29.8 Å². The second-order valence-corrected chi connectivity index (χ2v) is 8.05. The van der Waals surface area contributed by atoms with Crippen LogP contribution in [0.5, 0.6) is 0 Å². The van der Waals surface area contributed by atoms with Crippen LogP contribution in [-0.4, -0.2) is 31.6 Å². The Morgan fingerprint density at radius 2 is 2.00 bits per heavy atom. The number of carbonyl (C=O) groups is 1. The smallest absolute Gasteiger partial charge is 0.293 e. The van der Waals surface area contributed by atoms with Gasteiger partial charge in [-0.2, -0.15) is 8.42 Å². The Morgan fingerprint density at radius 3 is 2.65 bits per heavy atom. The van der Waals surface area contributed by atoms with E-state index in [1.165, 1.54) is 11.4 Å². The zero-order valence-corrected chi connectivity index (χ0v) is 14.7. The van der Waals surface area contributed by atoms with Gasteiger partial charge in [0.2, 0.25) is 11.0 Å². The van der Waals surface area contributed by atoms with Crippen LogP contribution in [-0.2, 0) is 14.8 Å². The molecule has 0 bridgehead atoms. The van der Waals surface area contributed by atoms with E-state index in [-0.39, 0.29) is 15.4 Å². The molecule has 1 aromatic carbocycles. The van der Waals surface area contributed by atoms with E-state index in [0.29, 0.717) is 18.5 Å². The standard InChI is InChI=1S/C14H18N4O3S2/c1-4-7-12(19)15-13-16-17-14(22-13)23(20,21)18(3)11-9-6-5-8-10(11)2/h5-6,8-9H,4,7H2,1-3H3,(H,15,16,19). The molecule has 23 heavy (non-hydrogen) atoms. The summed E-state index contributed by atoms with van der Waals surface area (Å²) in [6.07, 6.45) is 1.05. The molecule has 1 aromatic heterocycles. The number of aryl methyl sites for hydroxylation is 1. The summed E-state index contributed by atoms with van der Waals surface area (Å²) >= 11 is 0.839. The van der Waals surface area contributed by atoms with Gasteiger partial charge < -0.3 is 5.32 Å². The molecule has 2 aromatic rings. The molecule has 0 spiro atoms. The van der Waals surface area contributed by atoms with Gasteiger partial charge in [-0.1, -0.05) is 36.5 Å². The van der Waals surface area contributed by atoms with Crippen LogP contribution in [0.4, 0.5) is 10.8 Å². The molecular weight excluding hydrogens is 336 g/mol. The lowest BCUT2D eigenvalue weighted by Gasteiger charge is -2.19. The SMILES string of the molecule is CCCC(=O)Nc1nnc(S(=O)(=O)N(C)c2ccccc2C)s1. The molecule has 7 nitrogen and oxygen atoms in total. The van der Waals surface area contributed by atoms with Gasteiger partial charge in [0.05, 0.1) is 5.69 Å². The van der Waals surface area contributed by atoms with E-state index in [9.17, 15) is 13.2 Å². The van der Waals surface area contributed by atoms with Crippen molar-refractivity contribution in [3.8, 4) is 0 Å². The normalized spacial score (nSPS) is 11.3. The lowest BCUT2D eigenvalue weighted by molar-refractivity contribution is -0.116. The third kappa shape index (κ3) is 3.85. The van der Waals surface area contributed by atoms with E-state index in [4.69, 9.17) is 0 Å². The Balaban J connectivity index is 2.25. The Morgan fingerprint density at radius 1 is 1.30 bits per heavy atom. The molecule has 0 saturated carbocycles. The van der Waals surface area contributed by atoms with Crippen LogP contribution in [0.1, 0.15) is 25.3 Å². The summed E-state index contributed by atoms with van der Waals surface area (Å²) in [6, 6.07) is 7.16. The first kappa shape index (κ1) is 17.4. The highest BCUT2D eigenvalue weighted by molar-refractivity contribution is 7.94. The summed E-state index contributed by atoms with van der Waals surface area (Å²) in [5, 5.41) is 10.2. The summed E-state index contributed by atoms with van der Waals surface area (Å²) < 4.78 is 26.3. The van der Waals surface area contributed by atoms with Gasteiger partial charge in [0, 0.05) is 13.5 Å². The first-order chi connectivity index (χ1) is 10.9. The average molecular weight is 354 g/mol. The maximum absolute atomic E-state index is 12.6. The third-order valence-electron chi connectivity index (χ3n) is 3.17. The molecule has 1 heterocycles. The third-order valence-corrected chi connectivity index (χ3v) is 6.12.